The fourth-order valence-corrected chi connectivity index (χ4v) is 1.85. The highest BCUT2D eigenvalue weighted by Crippen LogP contribution is 2.25. The summed E-state index contributed by atoms with van der Waals surface area (Å²) in [4.78, 5) is 4.18. The third-order valence-corrected chi connectivity index (χ3v) is 3.21. The number of hydrogen-bond acceptors (Lipinski definition) is 5. The van der Waals surface area contributed by atoms with E-state index >= 15 is 0 Å². The Morgan fingerprint density at radius 3 is 3.00 bits per heavy atom. The van der Waals surface area contributed by atoms with Crippen LogP contribution in [0.4, 0.5) is 5.82 Å². The molecule has 2 N–H and O–H groups in total. The van der Waals surface area contributed by atoms with Crippen molar-refractivity contribution in [2.45, 2.75) is 25.0 Å². The van der Waals surface area contributed by atoms with E-state index in [1.807, 2.05) is 19.1 Å². The van der Waals surface area contributed by atoms with Gasteiger partial charge in [-0.05, 0) is 19.1 Å². The minimum absolute atomic E-state index is 0.145. The van der Waals surface area contributed by atoms with Crippen molar-refractivity contribution in [3.8, 4) is 5.75 Å². The molecule has 2 atom stereocenters. The molecule has 5 heteroatoms. The van der Waals surface area contributed by atoms with E-state index in [0.29, 0.717) is 25.3 Å². The predicted octanol–water partition coefficient (Wildman–Crippen LogP) is 1.04. The van der Waals surface area contributed by atoms with E-state index in [1.54, 1.807) is 13.3 Å². The zero-order valence-corrected chi connectivity index (χ0v) is 10.1. The van der Waals surface area contributed by atoms with Crippen molar-refractivity contribution in [2.24, 2.45) is 0 Å². The summed E-state index contributed by atoms with van der Waals surface area (Å²) >= 11 is 0. The Hall–Kier alpha value is -1.33. The molecule has 0 aromatic carbocycles. The maximum absolute atomic E-state index is 10.3. The number of pyridine rings is 1. The van der Waals surface area contributed by atoms with Gasteiger partial charge in [0.2, 0.25) is 0 Å². The van der Waals surface area contributed by atoms with Crippen molar-refractivity contribution in [3.63, 3.8) is 0 Å². The SMILES string of the molecule is COc1ccc(NCC2(O)CCOC2C)nc1. The smallest absolute Gasteiger partial charge is 0.137 e. The number of rotatable bonds is 4. The molecule has 1 saturated heterocycles. The molecule has 2 rings (SSSR count). The third-order valence-electron chi connectivity index (χ3n) is 3.21. The molecule has 17 heavy (non-hydrogen) atoms. The molecule has 0 amide bonds. The molecule has 0 saturated carbocycles. The number of aliphatic hydroxyl groups is 1. The van der Waals surface area contributed by atoms with Crippen LogP contribution in [0.15, 0.2) is 18.3 Å². The molecule has 0 radical (unpaired) electrons. The van der Waals surface area contributed by atoms with E-state index in [4.69, 9.17) is 9.47 Å². The number of nitrogens with one attached hydrogen (secondary N) is 1. The van der Waals surface area contributed by atoms with E-state index in [9.17, 15) is 5.11 Å². The van der Waals surface area contributed by atoms with Crippen molar-refractivity contribution >= 4 is 5.82 Å². The Morgan fingerprint density at radius 1 is 1.65 bits per heavy atom. The number of nitrogens with zero attached hydrogens (tertiary/aromatic N) is 1. The monoisotopic (exact) mass is 238 g/mol. The molecule has 1 aliphatic rings. The Balaban J connectivity index is 1.93. The van der Waals surface area contributed by atoms with Crippen LogP contribution in [0.25, 0.3) is 0 Å². The molecule has 1 aliphatic heterocycles. The largest absolute Gasteiger partial charge is 0.495 e. The van der Waals surface area contributed by atoms with Crippen LogP contribution in [0.5, 0.6) is 5.75 Å². The summed E-state index contributed by atoms with van der Waals surface area (Å²) in [6.07, 6.45) is 2.14. The lowest BCUT2D eigenvalue weighted by Crippen LogP contribution is -2.43. The second-order valence-electron chi connectivity index (χ2n) is 4.30. The molecular formula is C12H18N2O3. The van der Waals surface area contributed by atoms with Crippen LogP contribution in [0, 0.1) is 0 Å². The lowest BCUT2D eigenvalue weighted by atomic mass is 9.97. The van der Waals surface area contributed by atoms with Gasteiger partial charge in [-0.2, -0.15) is 0 Å². The third kappa shape index (κ3) is 2.68. The van der Waals surface area contributed by atoms with Gasteiger partial charge in [-0.1, -0.05) is 0 Å². The van der Waals surface area contributed by atoms with Gasteiger partial charge in [0.05, 0.1) is 19.4 Å². The zero-order chi connectivity index (χ0) is 12.3. The molecule has 1 aromatic rings. The topological polar surface area (TPSA) is 63.6 Å². The first-order chi connectivity index (χ1) is 8.14. The Labute approximate surface area is 101 Å². The number of hydrogen-bond donors (Lipinski definition) is 2. The summed E-state index contributed by atoms with van der Waals surface area (Å²) in [6, 6.07) is 3.65. The minimum atomic E-state index is -0.804. The summed E-state index contributed by atoms with van der Waals surface area (Å²) in [6.45, 7) is 2.93. The van der Waals surface area contributed by atoms with Crippen LogP contribution in [-0.2, 0) is 4.74 Å². The van der Waals surface area contributed by atoms with Crippen molar-refractivity contribution < 1.29 is 14.6 Å². The van der Waals surface area contributed by atoms with Crippen LogP contribution < -0.4 is 10.1 Å². The van der Waals surface area contributed by atoms with E-state index in [2.05, 4.69) is 10.3 Å². The molecule has 0 bridgehead atoms. The maximum Gasteiger partial charge on any atom is 0.137 e. The summed E-state index contributed by atoms with van der Waals surface area (Å²) in [7, 11) is 1.60. The molecule has 2 heterocycles. The molecule has 1 fully saturated rings. The van der Waals surface area contributed by atoms with Gasteiger partial charge in [-0.3, -0.25) is 0 Å². The quantitative estimate of drug-likeness (QED) is 0.820. The van der Waals surface area contributed by atoms with Crippen LogP contribution >= 0.6 is 0 Å². The Kier molecular flexibility index (Phi) is 3.49. The Bertz CT molecular complexity index is 369. The molecule has 2 unspecified atom stereocenters. The first-order valence-corrected chi connectivity index (χ1v) is 5.72. The summed E-state index contributed by atoms with van der Waals surface area (Å²) in [5.41, 5.74) is -0.804. The highest BCUT2D eigenvalue weighted by molar-refractivity contribution is 5.38. The molecular weight excluding hydrogens is 220 g/mol. The Morgan fingerprint density at radius 2 is 2.47 bits per heavy atom. The molecule has 5 nitrogen and oxygen atoms in total. The molecule has 0 aliphatic carbocycles. The van der Waals surface area contributed by atoms with Crippen molar-refractivity contribution in [3.05, 3.63) is 18.3 Å². The zero-order valence-electron chi connectivity index (χ0n) is 10.1. The van der Waals surface area contributed by atoms with E-state index in [0.717, 1.165) is 5.82 Å². The van der Waals surface area contributed by atoms with E-state index in [1.165, 1.54) is 0 Å². The molecule has 0 spiro atoms. The summed E-state index contributed by atoms with van der Waals surface area (Å²) < 4.78 is 10.4. The summed E-state index contributed by atoms with van der Waals surface area (Å²) in [5, 5.41) is 13.4. The van der Waals surface area contributed by atoms with Crippen LogP contribution in [0.1, 0.15) is 13.3 Å². The van der Waals surface area contributed by atoms with Gasteiger partial charge >= 0.3 is 0 Å². The average molecular weight is 238 g/mol. The summed E-state index contributed by atoms with van der Waals surface area (Å²) in [5.74, 6) is 1.44. The minimum Gasteiger partial charge on any atom is -0.495 e. The first kappa shape index (κ1) is 12.1. The van der Waals surface area contributed by atoms with Gasteiger partial charge < -0.3 is 19.9 Å². The van der Waals surface area contributed by atoms with Crippen molar-refractivity contribution in [2.75, 3.05) is 25.6 Å². The van der Waals surface area contributed by atoms with Gasteiger partial charge in [0.15, 0.2) is 0 Å². The average Bonchev–Trinajstić information content (AvgIpc) is 2.68. The number of methoxy groups -OCH3 is 1. The highest BCUT2D eigenvalue weighted by atomic mass is 16.5. The normalized spacial score (nSPS) is 28.1. The van der Waals surface area contributed by atoms with Crippen LogP contribution in [0.3, 0.4) is 0 Å². The number of anilines is 1. The first-order valence-electron chi connectivity index (χ1n) is 5.72. The fourth-order valence-electron chi connectivity index (χ4n) is 1.85. The lowest BCUT2D eigenvalue weighted by Gasteiger charge is -2.26. The van der Waals surface area contributed by atoms with Gasteiger partial charge in [0.1, 0.15) is 17.2 Å². The molecule has 94 valence electrons. The van der Waals surface area contributed by atoms with Gasteiger partial charge in [-0.25, -0.2) is 4.98 Å². The van der Waals surface area contributed by atoms with Crippen molar-refractivity contribution in [1.29, 1.82) is 0 Å². The van der Waals surface area contributed by atoms with E-state index < -0.39 is 5.60 Å². The van der Waals surface area contributed by atoms with E-state index in [-0.39, 0.29) is 6.10 Å². The highest BCUT2D eigenvalue weighted by Gasteiger charge is 2.39. The number of aromatic nitrogens is 1. The fraction of sp³-hybridized carbons (Fsp3) is 0.583. The molecule has 1 aromatic heterocycles. The van der Waals surface area contributed by atoms with Gasteiger partial charge in [0, 0.05) is 19.6 Å². The van der Waals surface area contributed by atoms with Gasteiger partial charge in [-0.15, -0.1) is 0 Å². The predicted molar refractivity (Wildman–Crippen MR) is 64.3 cm³/mol. The second kappa shape index (κ2) is 4.89. The van der Waals surface area contributed by atoms with Crippen molar-refractivity contribution in [1.82, 2.24) is 4.98 Å². The van der Waals surface area contributed by atoms with Gasteiger partial charge in [0.25, 0.3) is 0 Å². The standard InChI is InChI=1S/C12H18N2O3/c1-9-12(15,5-6-17-9)8-14-11-4-3-10(16-2)7-13-11/h3-4,7,9,15H,5-6,8H2,1-2H3,(H,13,14). The lowest BCUT2D eigenvalue weighted by molar-refractivity contribution is -0.0176. The maximum atomic E-state index is 10.3. The van der Waals surface area contributed by atoms with Crippen LogP contribution in [-0.4, -0.2) is 42.1 Å². The van der Waals surface area contributed by atoms with Crippen LogP contribution in [0.2, 0.25) is 0 Å². The number of ether oxygens (including phenoxy) is 2. The second-order valence-corrected chi connectivity index (χ2v) is 4.30.